The molecule has 0 spiro atoms. The average molecular weight is 219 g/mol. The molecule has 0 aliphatic heterocycles. The van der Waals surface area contributed by atoms with Gasteiger partial charge in [0.25, 0.3) is 0 Å². The fraction of sp³-hybridized carbons (Fsp3) is 0. The minimum absolute atomic E-state index is 0. The Hall–Kier alpha value is 0.880. The summed E-state index contributed by atoms with van der Waals surface area (Å²) in [6, 6.07) is 6.46. The molecular weight excluding hydrogens is 212 g/mol. The summed E-state index contributed by atoms with van der Waals surface area (Å²) in [4.78, 5) is 0.254. The van der Waals surface area contributed by atoms with Gasteiger partial charge in [0.2, 0.25) is 0 Å². The molecule has 0 radical (unpaired) electrons. The summed E-state index contributed by atoms with van der Waals surface area (Å²) in [5, 5.41) is 0.323. The van der Waals surface area contributed by atoms with Gasteiger partial charge in [-0.05, 0) is 12.1 Å². The third-order valence-electron chi connectivity index (χ3n) is 1.02. The summed E-state index contributed by atoms with van der Waals surface area (Å²) in [6.45, 7) is 0. The van der Waals surface area contributed by atoms with Crippen molar-refractivity contribution in [2.24, 2.45) is 0 Å². The first-order chi connectivity index (χ1) is 4.72. The molecule has 2 nitrogen and oxygen atoms in total. The summed E-state index contributed by atoms with van der Waals surface area (Å²) >= 11 is 3.59. The SMILES string of the molecule is O=S(O)c1ccccc1Cl.[Ca+2].[H-].[H-]. The van der Waals surface area contributed by atoms with Gasteiger partial charge in [-0.2, -0.15) is 0 Å². The summed E-state index contributed by atoms with van der Waals surface area (Å²) in [5.41, 5.74) is 0. The van der Waals surface area contributed by atoms with Crippen LogP contribution in [0.2, 0.25) is 5.02 Å². The Kier molecular flexibility index (Phi) is 5.95. The molecule has 1 N–H and O–H groups in total. The quantitative estimate of drug-likeness (QED) is 0.576. The van der Waals surface area contributed by atoms with E-state index in [9.17, 15) is 4.21 Å². The smallest absolute Gasteiger partial charge is 1.00 e. The summed E-state index contributed by atoms with van der Waals surface area (Å²) in [6.07, 6.45) is 0. The van der Waals surface area contributed by atoms with Crippen molar-refractivity contribution >= 4 is 60.4 Å². The Morgan fingerprint density at radius 3 is 2.36 bits per heavy atom. The maximum atomic E-state index is 10.4. The van der Waals surface area contributed by atoms with Crippen LogP contribution >= 0.6 is 11.6 Å². The molecule has 0 fully saturated rings. The van der Waals surface area contributed by atoms with E-state index in [2.05, 4.69) is 0 Å². The maximum absolute atomic E-state index is 10.4. The van der Waals surface area contributed by atoms with Crippen molar-refractivity contribution < 1.29 is 11.6 Å². The van der Waals surface area contributed by atoms with Gasteiger partial charge in [0.05, 0.1) is 9.92 Å². The Balaban J connectivity index is -0.000000333. The van der Waals surface area contributed by atoms with Crippen molar-refractivity contribution in [3.63, 3.8) is 0 Å². The first-order valence-electron chi connectivity index (χ1n) is 2.57. The van der Waals surface area contributed by atoms with Crippen LogP contribution in [0.1, 0.15) is 2.85 Å². The van der Waals surface area contributed by atoms with Crippen LogP contribution in [0.4, 0.5) is 0 Å². The number of halogens is 1. The summed E-state index contributed by atoms with van der Waals surface area (Å²) < 4.78 is 19.0. The predicted octanol–water partition coefficient (Wildman–Crippen LogP) is 1.76. The van der Waals surface area contributed by atoms with Crippen molar-refractivity contribution in [1.29, 1.82) is 0 Å². The molecule has 58 valence electrons. The number of hydrogen-bond donors (Lipinski definition) is 1. The molecule has 1 rings (SSSR count). The van der Waals surface area contributed by atoms with Gasteiger partial charge in [-0.1, -0.05) is 23.7 Å². The van der Waals surface area contributed by atoms with E-state index < -0.39 is 11.1 Å². The second kappa shape index (κ2) is 5.51. The zero-order valence-electron chi connectivity index (χ0n) is 7.66. The zero-order valence-corrected chi connectivity index (χ0v) is 9.44. The standard InChI is InChI=1S/C6H5ClO2S.Ca.2H/c7-5-3-1-2-4-6(5)10(8)9;;;/h1-4H,(H,8,9);;;/q;+2;2*-1. The van der Waals surface area contributed by atoms with Crippen molar-refractivity contribution in [3.8, 4) is 0 Å². The fourth-order valence-corrected chi connectivity index (χ4v) is 1.35. The first kappa shape index (κ1) is 11.9. The van der Waals surface area contributed by atoms with Gasteiger partial charge in [-0.3, -0.25) is 0 Å². The molecule has 1 atom stereocenters. The Labute approximate surface area is 105 Å². The van der Waals surface area contributed by atoms with Gasteiger partial charge in [-0.15, -0.1) is 0 Å². The van der Waals surface area contributed by atoms with Crippen LogP contribution in [-0.4, -0.2) is 46.5 Å². The number of hydrogen-bond acceptors (Lipinski definition) is 1. The van der Waals surface area contributed by atoms with Gasteiger partial charge < -0.3 is 7.41 Å². The van der Waals surface area contributed by atoms with E-state index in [1.54, 1.807) is 18.2 Å². The zero-order chi connectivity index (χ0) is 7.56. The van der Waals surface area contributed by atoms with Crippen LogP contribution in [0, 0.1) is 0 Å². The van der Waals surface area contributed by atoms with E-state index in [1.807, 2.05) is 0 Å². The molecule has 0 saturated carbocycles. The molecule has 0 amide bonds. The Morgan fingerprint density at radius 1 is 1.45 bits per heavy atom. The van der Waals surface area contributed by atoms with Crippen LogP contribution in [0.5, 0.6) is 0 Å². The molecule has 0 heterocycles. The van der Waals surface area contributed by atoms with E-state index in [1.165, 1.54) is 6.07 Å². The van der Waals surface area contributed by atoms with Crippen LogP contribution in [0.15, 0.2) is 29.2 Å². The third kappa shape index (κ3) is 3.40. The number of benzene rings is 1. The van der Waals surface area contributed by atoms with Crippen molar-refractivity contribution in [2.75, 3.05) is 0 Å². The third-order valence-corrected chi connectivity index (χ3v) is 2.20. The predicted molar refractivity (Wildman–Crippen MR) is 48.5 cm³/mol. The maximum Gasteiger partial charge on any atom is 2.00 e. The van der Waals surface area contributed by atoms with E-state index >= 15 is 0 Å². The Morgan fingerprint density at radius 2 is 2.00 bits per heavy atom. The van der Waals surface area contributed by atoms with Crippen LogP contribution in [-0.2, 0) is 11.1 Å². The summed E-state index contributed by atoms with van der Waals surface area (Å²) in [5.74, 6) is 0. The molecule has 0 aliphatic carbocycles. The largest absolute Gasteiger partial charge is 2.00 e. The summed E-state index contributed by atoms with van der Waals surface area (Å²) in [7, 11) is 0. The minimum atomic E-state index is -1.97. The first-order valence-corrected chi connectivity index (χ1v) is 4.05. The molecule has 1 aromatic carbocycles. The van der Waals surface area contributed by atoms with Gasteiger partial charge in [0, 0.05) is 0 Å². The van der Waals surface area contributed by atoms with Crippen LogP contribution in [0.3, 0.4) is 0 Å². The molecule has 5 heteroatoms. The van der Waals surface area contributed by atoms with E-state index in [-0.39, 0.29) is 45.5 Å². The number of rotatable bonds is 1. The molecule has 1 aromatic rings. The van der Waals surface area contributed by atoms with Crippen molar-refractivity contribution in [3.05, 3.63) is 29.3 Å². The topological polar surface area (TPSA) is 37.3 Å². The van der Waals surface area contributed by atoms with Crippen molar-refractivity contribution in [1.82, 2.24) is 0 Å². The van der Waals surface area contributed by atoms with Crippen LogP contribution in [0.25, 0.3) is 0 Å². The molecule has 0 bridgehead atoms. The molecule has 0 saturated heterocycles. The fourth-order valence-electron chi connectivity index (χ4n) is 0.586. The average Bonchev–Trinajstić information content (AvgIpc) is 1.88. The second-order valence-electron chi connectivity index (χ2n) is 1.68. The van der Waals surface area contributed by atoms with E-state index in [0.29, 0.717) is 5.02 Å². The van der Waals surface area contributed by atoms with Gasteiger partial charge in [0.15, 0.2) is 11.1 Å². The monoisotopic (exact) mass is 218 g/mol. The van der Waals surface area contributed by atoms with Gasteiger partial charge in [0.1, 0.15) is 0 Å². The normalized spacial score (nSPS) is 11.8. The molecular formula is C6H7CaClO2S. The minimum Gasteiger partial charge on any atom is -1.00 e. The van der Waals surface area contributed by atoms with E-state index in [4.69, 9.17) is 16.2 Å². The molecule has 0 aliphatic rings. The van der Waals surface area contributed by atoms with Gasteiger partial charge >= 0.3 is 37.7 Å². The second-order valence-corrected chi connectivity index (χ2v) is 3.02. The Bertz CT molecular complexity index is 275. The van der Waals surface area contributed by atoms with Gasteiger partial charge in [-0.25, -0.2) is 4.21 Å². The van der Waals surface area contributed by atoms with Crippen molar-refractivity contribution in [2.45, 2.75) is 4.90 Å². The van der Waals surface area contributed by atoms with E-state index in [0.717, 1.165) is 0 Å². The molecule has 0 aromatic heterocycles. The molecule has 11 heavy (non-hydrogen) atoms. The molecule has 1 unspecified atom stereocenters. The van der Waals surface area contributed by atoms with Crippen LogP contribution < -0.4 is 0 Å².